The first-order valence-corrected chi connectivity index (χ1v) is 9.53. The number of ether oxygens (including phenoxy) is 1. The highest BCUT2D eigenvalue weighted by molar-refractivity contribution is 7.13. The Kier molecular flexibility index (Phi) is 4.98. The molecule has 3 aromatic rings. The Balaban J connectivity index is 1.35. The second-order valence-electron chi connectivity index (χ2n) is 6.16. The minimum Gasteiger partial charge on any atom is -0.497 e. The number of aromatic nitrogens is 1. The maximum Gasteiger partial charge on any atom is 0.325 e. The summed E-state index contributed by atoms with van der Waals surface area (Å²) in [6.07, 6.45) is 0. The van der Waals surface area contributed by atoms with Crippen LogP contribution in [0.25, 0.3) is 10.6 Å². The Labute approximate surface area is 165 Å². The Bertz CT molecular complexity index is 968. The van der Waals surface area contributed by atoms with Crippen molar-refractivity contribution in [3.05, 3.63) is 47.8 Å². The maximum absolute atomic E-state index is 12.6. The van der Waals surface area contributed by atoms with Crippen LogP contribution in [0.1, 0.15) is 0 Å². The average molecular weight is 398 g/mol. The fourth-order valence-corrected chi connectivity index (χ4v) is 3.63. The molecule has 0 saturated carbocycles. The molecule has 0 bridgehead atoms. The van der Waals surface area contributed by atoms with Gasteiger partial charge in [-0.05, 0) is 35.7 Å². The second kappa shape index (κ2) is 7.73. The SMILES string of the molecule is COc1ccc(N2CCN(CC(=O)Nc3cc(-c4cccs4)no3)C2=O)cc1. The van der Waals surface area contributed by atoms with Gasteiger partial charge in [0, 0.05) is 24.8 Å². The van der Waals surface area contributed by atoms with Crippen LogP contribution in [0.4, 0.5) is 16.4 Å². The molecule has 1 aromatic carbocycles. The van der Waals surface area contributed by atoms with Crippen LogP contribution in [0.3, 0.4) is 0 Å². The van der Waals surface area contributed by atoms with Crippen LogP contribution >= 0.6 is 11.3 Å². The molecule has 1 N–H and O–H groups in total. The monoisotopic (exact) mass is 398 g/mol. The predicted octanol–water partition coefficient (Wildman–Crippen LogP) is 3.29. The topological polar surface area (TPSA) is 87.9 Å². The van der Waals surface area contributed by atoms with Crippen LogP contribution in [0.15, 0.2) is 52.4 Å². The van der Waals surface area contributed by atoms with Crippen LogP contribution in [0.2, 0.25) is 0 Å². The quantitative estimate of drug-likeness (QED) is 0.688. The zero-order valence-electron chi connectivity index (χ0n) is 15.1. The molecule has 0 spiro atoms. The molecule has 9 heteroatoms. The van der Waals surface area contributed by atoms with Crippen molar-refractivity contribution in [1.29, 1.82) is 0 Å². The lowest BCUT2D eigenvalue weighted by molar-refractivity contribution is -0.116. The van der Waals surface area contributed by atoms with Crippen LogP contribution in [-0.4, -0.2) is 48.7 Å². The molecule has 144 valence electrons. The normalized spacial score (nSPS) is 13.8. The summed E-state index contributed by atoms with van der Waals surface area (Å²) in [4.78, 5) is 29.0. The van der Waals surface area contributed by atoms with Gasteiger partial charge in [0.05, 0.1) is 12.0 Å². The van der Waals surface area contributed by atoms with Gasteiger partial charge in [-0.25, -0.2) is 4.79 Å². The van der Waals surface area contributed by atoms with Crippen LogP contribution in [-0.2, 0) is 4.79 Å². The van der Waals surface area contributed by atoms with Gasteiger partial charge in [0.15, 0.2) is 0 Å². The first-order valence-electron chi connectivity index (χ1n) is 8.65. The van der Waals surface area contributed by atoms with E-state index >= 15 is 0 Å². The van der Waals surface area contributed by atoms with E-state index in [4.69, 9.17) is 9.26 Å². The minimum atomic E-state index is -0.334. The fourth-order valence-electron chi connectivity index (χ4n) is 2.96. The molecule has 0 unspecified atom stereocenters. The van der Waals surface area contributed by atoms with Crippen molar-refractivity contribution in [3.8, 4) is 16.3 Å². The van der Waals surface area contributed by atoms with Crippen molar-refractivity contribution in [2.75, 3.05) is 37.0 Å². The van der Waals surface area contributed by atoms with Gasteiger partial charge in [0.2, 0.25) is 11.8 Å². The first kappa shape index (κ1) is 18.1. The van der Waals surface area contributed by atoms with Gasteiger partial charge < -0.3 is 14.2 Å². The number of hydrogen-bond donors (Lipinski definition) is 1. The predicted molar refractivity (Wildman–Crippen MR) is 106 cm³/mol. The number of thiophene rings is 1. The number of nitrogens with zero attached hydrogens (tertiary/aromatic N) is 3. The lowest BCUT2D eigenvalue weighted by atomic mass is 10.3. The van der Waals surface area contributed by atoms with Crippen LogP contribution in [0.5, 0.6) is 5.75 Å². The van der Waals surface area contributed by atoms with Gasteiger partial charge >= 0.3 is 6.03 Å². The van der Waals surface area contributed by atoms with Crippen LogP contribution < -0.4 is 15.0 Å². The molecule has 1 aliphatic rings. The summed E-state index contributed by atoms with van der Waals surface area (Å²) in [7, 11) is 1.59. The third kappa shape index (κ3) is 3.70. The molecule has 1 fully saturated rings. The zero-order chi connectivity index (χ0) is 19.5. The number of urea groups is 1. The zero-order valence-corrected chi connectivity index (χ0v) is 15.9. The Morgan fingerprint density at radius 3 is 2.82 bits per heavy atom. The maximum atomic E-state index is 12.6. The number of benzene rings is 1. The largest absolute Gasteiger partial charge is 0.497 e. The highest BCUT2D eigenvalue weighted by Crippen LogP contribution is 2.26. The molecule has 28 heavy (non-hydrogen) atoms. The van der Waals surface area contributed by atoms with Crippen LogP contribution in [0, 0.1) is 0 Å². The van der Waals surface area contributed by atoms with Gasteiger partial charge in [-0.1, -0.05) is 11.2 Å². The Hall–Kier alpha value is -3.33. The molecule has 3 amide bonds. The molecule has 1 saturated heterocycles. The summed E-state index contributed by atoms with van der Waals surface area (Å²) in [5, 5.41) is 8.54. The fraction of sp³-hybridized carbons (Fsp3) is 0.211. The lowest BCUT2D eigenvalue weighted by Gasteiger charge is -2.18. The standard InChI is InChI=1S/C19H18N4O4S/c1-26-14-6-4-13(5-7-14)23-9-8-22(19(23)25)12-17(24)20-18-11-15(21-27-18)16-3-2-10-28-16/h2-7,10-11H,8-9,12H2,1H3,(H,20,24). The molecule has 0 atom stereocenters. The van der Waals surface area contributed by atoms with E-state index in [2.05, 4.69) is 10.5 Å². The third-order valence-corrected chi connectivity index (χ3v) is 5.25. The van der Waals surface area contributed by atoms with E-state index in [0.29, 0.717) is 18.8 Å². The third-order valence-electron chi connectivity index (χ3n) is 4.36. The molecule has 0 radical (unpaired) electrons. The lowest BCUT2D eigenvalue weighted by Crippen LogP contribution is -2.37. The number of hydrogen-bond acceptors (Lipinski definition) is 6. The molecule has 2 aromatic heterocycles. The summed E-state index contributed by atoms with van der Waals surface area (Å²) in [5.41, 5.74) is 1.43. The number of carbonyl (C=O) groups is 2. The van der Waals surface area contributed by atoms with Gasteiger partial charge in [-0.3, -0.25) is 15.0 Å². The van der Waals surface area contributed by atoms with Crippen molar-refractivity contribution < 1.29 is 18.8 Å². The van der Waals surface area contributed by atoms with Crippen molar-refractivity contribution in [2.24, 2.45) is 0 Å². The summed E-state index contributed by atoms with van der Waals surface area (Å²) in [6.45, 7) is 0.929. The van der Waals surface area contributed by atoms with Gasteiger partial charge in [0.25, 0.3) is 0 Å². The van der Waals surface area contributed by atoms with E-state index in [1.54, 1.807) is 30.2 Å². The number of rotatable bonds is 6. The summed E-state index contributed by atoms with van der Waals surface area (Å²) in [6, 6.07) is 12.5. The summed E-state index contributed by atoms with van der Waals surface area (Å²) in [5.74, 6) is 0.645. The van der Waals surface area contributed by atoms with Crippen molar-refractivity contribution in [1.82, 2.24) is 10.1 Å². The first-order chi connectivity index (χ1) is 13.6. The number of amides is 3. The Morgan fingerprint density at radius 2 is 2.11 bits per heavy atom. The van der Waals surface area contributed by atoms with Gasteiger partial charge in [0.1, 0.15) is 18.0 Å². The highest BCUT2D eigenvalue weighted by atomic mass is 32.1. The molecular formula is C19H18N4O4S. The van der Waals surface area contributed by atoms with E-state index in [-0.39, 0.29) is 24.4 Å². The van der Waals surface area contributed by atoms with E-state index < -0.39 is 0 Å². The van der Waals surface area contributed by atoms with Crippen molar-refractivity contribution >= 4 is 34.8 Å². The van der Waals surface area contributed by atoms with E-state index in [9.17, 15) is 9.59 Å². The van der Waals surface area contributed by atoms with E-state index in [1.165, 1.54) is 16.2 Å². The van der Waals surface area contributed by atoms with Gasteiger partial charge in [-0.15, -0.1) is 11.3 Å². The second-order valence-corrected chi connectivity index (χ2v) is 7.10. The minimum absolute atomic E-state index is 0.0550. The average Bonchev–Trinajstić information content (AvgIpc) is 3.44. The summed E-state index contributed by atoms with van der Waals surface area (Å²) >= 11 is 1.53. The highest BCUT2D eigenvalue weighted by Gasteiger charge is 2.31. The molecule has 3 heterocycles. The number of nitrogens with one attached hydrogen (secondary N) is 1. The van der Waals surface area contributed by atoms with Gasteiger partial charge in [-0.2, -0.15) is 0 Å². The Morgan fingerprint density at radius 1 is 1.29 bits per heavy atom. The van der Waals surface area contributed by atoms with Crippen molar-refractivity contribution in [2.45, 2.75) is 0 Å². The summed E-state index contributed by atoms with van der Waals surface area (Å²) < 4.78 is 10.3. The molecule has 4 rings (SSSR count). The number of carbonyl (C=O) groups excluding carboxylic acids is 2. The number of methoxy groups -OCH3 is 1. The molecule has 8 nitrogen and oxygen atoms in total. The smallest absolute Gasteiger partial charge is 0.325 e. The van der Waals surface area contributed by atoms with E-state index in [1.807, 2.05) is 29.6 Å². The molecular weight excluding hydrogens is 380 g/mol. The molecule has 1 aliphatic heterocycles. The molecule has 0 aliphatic carbocycles. The van der Waals surface area contributed by atoms with E-state index in [0.717, 1.165) is 16.3 Å². The number of anilines is 2. The van der Waals surface area contributed by atoms with Crippen molar-refractivity contribution in [3.63, 3.8) is 0 Å².